The van der Waals surface area contributed by atoms with Crippen molar-refractivity contribution in [3.63, 3.8) is 0 Å². The van der Waals surface area contributed by atoms with Crippen molar-refractivity contribution in [3.8, 4) is 11.3 Å². The largest absolute Gasteiger partial charge is 0.433 e. The molecule has 0 saturated heterocycles. The first kappa shape index (κ1) is 24.2. The molecule has 0 spiro atoms. The highest BCUT2D eigenvalue weighted by atomic mass is 19.4. The number of nitrogens with zero attached hydrogens (tertiary/aromatic N) is 5. The molecule has 0 saturated carbocycles. The molecule has 37 heavy (non-hydrogen) atoms. The van der Waals surface area contributed by atoms with Crippen LogP contribution in [0.4, 0.5) is 23.4 Å². The van der Waals surface area contributed by atoms with E-state index in [0.717, 1.165) is 17.2 Å². The fourth-order valence-electron chi connectivity index (χ4n) is 3.86. The first-order valence-electron chi connectivity index (χ1n) is 11.2. The van der Waals surface area contributed by atoms with E-state index in [4.69, 9.17) is 0 Å². The second-order valence-corrected chi connectivity index (χ2v) is 8.61. The van der Waals surface area contributed by atoms with Gasteiger partial charge in [-0.25, -0.2) is 13.9 Å². The summed E-state index contributed by atoms with van der Waals surface area (Å²) in [7, 11) is 0. The van der Waals surface area contributed by atoms with Crippen LogP contribution in [-0.4, -0.2) is 30.3 Å². The summed E-state index contributed by atoms with van der Waals surface area (Å²) in [6.07, 6.45) is -3.14. The predicted molar refractivity (Wildman–Crippen MR) is 129 cm³/mol. The highest BCUT2D eigenvalue weighted by molar-refractivity contribution is 6.03. The topological polar surface area (TPSA) is 77.1 Å². The number of alkyl halides is 3. The lowest BCUT2D eigenvalue weighted by molar-refractivity contribution is -0.142. The minimum Gasteiger partial charge on any atom is -0.304 e. The normalized spacial score (nSPS) is 11.7. The maximum atomic E-state index is 13.9. The fraction of sp³-hybridized carbons (Fsp3) is 0.154. The number of fused-ring (bicyclic) bond motifs is 1. The third-order valence-corrected chi connectivity index (χ3v) is 5.87. The third-order valence-electron chi connectivity index (χ3n) is 5.87. The highest BCUT2D eigenvalue weighted by Crippen LogP contribution is 2.32. The summed E-state index contributed by atoms with van der Waals surface area (Å²) in [5.41, 5.74) is 1.80. The summed E-state index contributed by atoms with van der Waals surface area (Å²) >= 11 is 0. The molecular weight excluding hydrogens is 488 g/mol. The van der Waals surface area contributed by atoms with Gasteiger partial charge in [0.05, 0.1) is 12.2 Å². The van der Waals surface area contributed by atoms with Crippen LogP contribution in [-0.2, 0) is 12.7 Å². The van der Waals surface area contributed by atoms with Crippen molar-refractivity contribution in [2.75, 3.05) is 5.32 Å². The molecular formula is C26H20F4N6O. The SMILES string of the molecule is Cc1ccc(-c2cc(C(F)(F)F)n3nc(C(=O)Nc4ccn(Cc5cccc(F)c5)n4)cc3n2)cc1C. The molecule has 1 N–H and O–H groups in total. The quantitative estimate of drug-likeness (QED) is 0.311. The van der Waals surface area contributed by atoms with E-state index in [2.05, 4.69) is 20.5 Å². The molecule has 5 rings (SSSR count). The molecule has 0 aliphatic heterocycles. The molecule has 0 unspecified atom stereocenters. The Bertz CT molecular complexity index is 1640. The second kappa shape index (κ2) is 9.16. The van der Waals surface area contributed by atoms with E-state index >= 15 is 0 Å². The molecule has 3 heterocycles. The summed E-state index contributed by atoms with van der Waals surface area (Å²) in [6, 6.07) is 14.9. The lowest BCUT2D eigenvalue weighted by atomic mass is 10.0. The third kappa shape index (κ3) is 5.06. The highest BCUT2D eigenvalue weighted by Gasteiger charge is 2.35. The number of amides is 1. The van der Waals surface area contributed by atoms with Gasteiger partial charge >= 0.3 is 6.18 Å². The Balaban J connectivity index is 1.43. The average Bonchev–Trinajstić information content (AvgIpc) is 3.46. The van der Waals surface area contributed by atoms with Gasteiger partial charge < -0.3 is 5.32 Å². The summed E-state index contributed by atoms with van der Waals surface area (Å²) in [4.78, 5) is 17.1. The summed E-state index contributed by atoms with van der Waals surface area (Å²) < 4.78 is 57.2. The van der Waals surface area contributed by atoms with Gasteiger partial charge in [0.15, 0.2) is 22.9 Å². The number of halogens is 4. The molecule has 1 amide bonds. The van der Waals surface area contributed by atoms with Crippen molar-refractivity contribution in [1.29, 1.82) is 0 Å². The van der Waals surface area contributed by atoms with Crippen LogP contribution in [0, 0.1) is 19.7 Å². The van der Waals surface area contributed by atoms with E-state index in [1.54, 1.807) is 30.5 Å². The lowest BCUT2D eigenvalue weighted by Gasteiger charge is -2.11. The molecule has 5 aromatic rings. The number of nitrogens with one attached hydrogen (secondary N) is 1. The van der Waals surface area contributed by atoms with E-state index in [9.17, 15) is 22.4 Å². The minimum absolute atomic E-state index is 0.117. The number of carbonyl (C=O) groups is 1. The van der Waals surface area contributed by atoms with Crippen LogP contribution in [0.25, 0.3) is 16.9 Å². The number of hydrogen-bond donors (Lipinski definition) is 1. The Morgan fingerprint density at radius 1 is 0.973 bits per heavy atom. The number of rotatable bonds is 5. The number of aromatic nitrogens is 5. The van der Waals surface area contributed by atoms with Crippen LogP contribution in [0.1, 0.15) is 32.9 Å². The lowest BCUT2D eigenvalue weighted by Crippen LogP contribution is -2.16. The Kier molecular flexibility index (Phi) is 5.98. The van der Waals surface area contributed by atoms with Crippen molar-refractivity contribution in [3.05, 3.63) is 101 Å². The molecule has 0 bridgehead atoms. The van der Waals surface area contributed by atoms with Crippen LogP contribution in [0.2, 0.25) is 0 Å². The van der Waals surface area contributed by atoms with Gasteiger partial charge in [-0.1, -0.05) is 24.3 Å². The average molecular weight is 508 g/mol. The summed E-state index contributed by atoms with van der Waals surface area (Å²) in [5.74, 6) is -0.960. The second-order valence-electron chi connectivity index (χ2n) is 8.61. The molecule has 0 radical (unpaired) electrons. The summed E-state index contributed by atoms with van der Waals surface area (Å²) in [6.45, 7) is 4.04. The van der Waals surface area contributed by atoms with Gasteiger partial charge in [0, 0.05) is 23.9 Å². The zero-order chi connectivity index (χ0) is 26.3. The molecule has 2 aromatic carbocycles. The number of aryl methyl sites for hydroxylation is 2. The van der Waals surface area contributed by atoms with Gasteiger partial charge in [-0.2, -0.15) is 23.4 Å². The standard InChI is InChI=1S/C26H20F4N6O/c1-15-6-7-18(10-16(15)2)20-12-22(26(28,29)30)36-24(31-20)13-21(33-36)25(37)32-23-8-9-35(34-23)14-17-4-3-5-19(27)11-17/h3-13H,14H2,1-2H3,(H,32,34,37). The maximum Gasteiger partial charge on any atom is 0.433 e. The minimum atomic E-state index is -4.73. The molecule has 7 nitrogen and oxygen atoms in total. The van der Waals surface area contributed by atoms with Gasteiger partial charge in [0.2, 0.25) is 0 Å². The molecule has 188 valence electrons. The molecule has 0 atom stereocenters. The molecule has 0 fully saturated rings. The number of hydrogen-bond acceptors (Lipinski definition) is 4. The van der Waals surface area contributed by atoms with E-state index in [1.807, 2.05) is 19.9 Å². The van der Waals surface area contributed by atoms with E-state index in [-0.39, 0.29) is 35.2 Å². The van der Waals surface area contributed by atoms with E-state index < -0.39 is 17.8 Å². The number of benzene rings is 2. The van der Waals surface area contributed by atoms with Crippen LogP contribution < -0.4 is 5.32 Å². The predicted octanol–water partition coefficient (Wildman–Crippen LogP) is 5.67. The number of carbonyl (C=O) groups excluding carboxylic acids is 1. The van der Waals surface area contributed by atoms with Gasteiger partial charge in [-0.05, 0) is 54.8 Å². The maximum absolute atomic E-state index is 13.9. The van der Waals surface area contributed by atoms with Gasteiger partial charge in [-0.3, -0.25) is 9.48 Å². The van der Waals surface area contributed by atoms with Crippen LogP contribution >= 0.6 is 0 Å². The molecule has 0 aliphatic rings. The van der Waals surface area contributed by atoms with Gasteiger partial charge in [0.25, 0.3) is 5.91 Å². The molecule has 11 heteroatoms. The van der Waals surface area contributed by atoms with E-state index in [1.165, 1.54) is 28.9 Å². The van der Waals surface area contributed by atoms with Gasteiger partial charge in [-0.15, -0.1) is 0 Å². The summed E-state index contributed by atoms with van der Waals surface area (Å²) in [5, 5.41) is 10.6. The van der Waals surface area contributed by atoms with Crippen molar-refractivity contribution in [2.24, 2.45) is 0 Å². The van der Waals surface area contributed by atoms with E-state index in [0.29, 0.717) is 15.6 Å². The van der Waals surface area contributed by atoms with Crippen LogP contribution in [0.5, 0.6) is 0 Å². The van der Waals surface area contributed by atoms with Crippen molar-refractivity contribution in [1.82, 2.24) is 24.4 Å². The van der Waals surface area contributed by atoms with Crippen molar-refractivity contribution >= 4 is 17.4 Å². The first-order chi connectivity index (χ1) is 17.6. The van der Waals surface area contributed by atoms with Crippen molar-refractivity contribution in [2.45, 2.75) is 26.6 Å². The fourth-order valence-corrected chi connectivity index (χ4v) is 3.86. The zero-order valence-corrected chi connectivity index (χ0v) is 19.7. The van der Waals surface area contributed by atoms with Gasteiger partial charge in [0.1, 0.15) is 5.82 Å². The zero-order valence-electron chi connectivity index (χ0n) is 19.7. The van der Waals surface area contributed by atoms with Crippen molar-refractivity contribution < 1.29 is 22.4 Å². The Labute approximate surface area is 208 Å². The Hall–Kier alpha value is -4.54. The molecule has 0 aliphatic carbocycles. The Morgan fingerprint density at radius 3 is 2.51 bits per heavy atom. The first-order valence-corrected chi connectivity index (χ1v) is 11.2. The van der Waals surface area contributed by atoms with Crippen LogP contribution in [0.15, 0.2) is 66.9 Å². The Morgan fingerprint density at radius 2 is 1.78 bits per heavy atom. The van der Waals surface area contributed by atoms with Crippen LogP contribution in [0.3, 0.4) is 0 Å². The smallest absolute Gasteiger partial charge is 0.304 e. The number of anilines is 1. The monoisotopic (exact) mass is 508 g/mol. The molecule has 3 aromatic heterocycles.